The van der Waals surface area contributed by atoms with Gasteiger partial charge in [-0.2, -0.15) is 0 Å². The fourth-order valence-electron chi connectivity index (χ4n) is 2.44. The summed E-state index contributed by atoms with van der Waals surface area (Å²) in [5.41, 5.74) is 1.93. The van der Waals surface area contributed by atoms with Crippen molar-refractivity contribution in [2.24, 2.45) is 0 Å². The molecule has 5 nitrogen and oxygen atoms in total. The Bertz CT molecular complexity index is 803. The SMILES string of the molecule is CCC(C)(C)NC(=O)c1ccc(NC(=O)NC(C)c2ccccc2Br)cc1. The average molecular weight is 432 g/mol. The van der Waals surface area contributed by atoms with E-state index in [1.54, 1.807) is 24.3 Å². The van der Waals surface area contributed by atoms with Crippen LogP contribution in [0, 0.1) is 0 Å². The van der Waals surface area contributed by atoms with Crippen molar-refractivity contribution in [1.82, 2.24) is 10.6 Å². The van der Waals surface area contributed by atoms with Crippen molar-refractivity contribution in [2.45, 2.75) is 45.7 Å². The molecule has 6 heteroatoms. The van der Waals surface area contributed by atoms with E-state index in [1.165, 1.54) is 0 Å². The van der Waals surface area contributed by atoms with Crippen LogP contribution >= 0.6 is 15.9 Å². The average Bonchev–Trinajstić information content (AvgIpc) is 2.62. The summed E-state index contributed by atoms with van der Waals surface area (Å²) in [7, 11) is 0. The van der Waals surface area contributed by atoms with Gasteiger partial charge in [0.2, 0.25) is 0 Å². The summed E-state index contributed by atoms with van der Waals surface area (Å²) >= 11 is 3.49. The summed E-state index contributed by atoms with van der Waals surface area (Å²) in [4.78, 5) is 24.5. The molecular formula is C21H26BrN3O2. The van der Waals surface area contributed by atoms with Crippen LogP contribution in [0.15, 0.2) is 53.0 Å². The Morgan fingerprint density at radius 1 is 1.07 bits per heavy atom. The Kier molecular flexibility index (Phi) is 7.02. The summed E-state index contributed by atoms with van der Waals surface area (Å²) in [6.07, 6.45) is 0.842. The first-order valence-electron chi connectivity index (χ1n) is 8.96. The van der Waals surface area contributed by atoms with Crippen LogP contribution in [0.25, 0.3) is 0 Å². The lowest BCUT2D eigenvalue weighted by Crippen LogP contribution is -2.42. The Morgan fingerprint density at radius 3 is 2.30 bits per heavy atom. The van der Waals surface area contributed by atoms with E-state index in [0.29, 0.717) is 11.3 Å². The molecule has 3 N–H and O–H groups in total. The molecule has 0 bridgehead atoms. The van der Waals surface area contributed by atoms with Crippen molar-refractivity contribution in [3.05, 3.63) is 64.1 Å². The highest BCUT2D eigenvalue weighted by atomic mass is 79.9. The lowest BCUT2D eigenvalue weighted by molar-refractivity contribution is 0.0911. The fourth-order valence-corrected chi connectivity index (χ4v) is 3.07. The molecule has 144 valence electrons. The minimum absolute atomic E-state index is 0.125. The topological polar surface area (TPSA) is 70.2 Å². The van der Waals surface area contributed by atoms with Gasteiger partial charge in [-0.25, -0.2) is 4.79 Å². The van der Waals surface area contributed by atoms with Gasteiger partial charge in [0.15, 0.2) is 0 Å². The number of anilines is 1. The summed E-state index contributed by atoms with van der Waals surface area (Å²) in [6, 6.07) is 14.1. The van der Waals surface area contributed by atoms with Crippen LogP contribution < -0.4 is 16.0 Å². The number of halogens is 1. The van der Waals surface area contributed by atoms with Gasteiger partial charge in [-0.05, 0) is 63.1 Å². The maximum absolute atomic E-state index is 12.3. The number of rotatable bonds is 6. The molecule has 27 heavy (non-hydrogen) atoms. The summed E-state index contributed by atoms with van der Waals surface area (Å²) in [6.45, 7) is 7.91. The van der Waals surface area contributed by atoms with Crippen molar-refractivity contribution < 1.29 is 9.59 Å². The normalized spacial score (nSPS) is 12.2. The molecule has 0 heterocycles. The number of benzene rings is 2. The lowest BCUT2D eigenvalue weighted by Gasteiger charge is -2.24. The third-order valence-electron chi connectivity index (χ3n) is 4.46. The van der Waals surface area contributed by atoms with E-state index in [1.807, 2.05) is 52.0 Å². The first-order chi connectivity index (χ1) is 12.7. The molecular weight excluding hydrogens is 406 g/mol. The van der Waals surface area contributed by atoms with Crippen molar-refractivity contribution in [2.75, 3.05) is 5.32 Å². The molecule has 2 aromatic rings. The standard InChI is InChI=1S/C21H26BrN3O2/c1-5-21(3,4)25-19(26)15-10-12-16(13-11-15)24-20(27)23-14(2)17-8-6-7-9-18(17)22/h6-14H,5H2,1-4H3,(H,25,26)(H2,23,24,27). The molecule has 0 saturated heterocycles. The zero-order valence-electron chi connectivity index (χ0n) is 16.1. The van der Waals surface area contributed by atoms with E-state index in [9.17, 15) is 9.59 Å². The van der Waals surface area contributed by atoms with Crippen LogP contribution in [-0.4, -0.2) is 17.5 Å². The quantitative estimate of drug-likeness (QED) is 0.584. The van der Waals surface area contributed by atoms with E-state index in [-0.39, 0.29) is 23.5 Å². The van der Waals surface area contributed by atoms with Gasteiger partial charge in [0.05, 0.1) is 6.04 Å². The second-order valence-electron chi connectivity index (χ2n) is 7.11. The molecule has 1 unspecified atom stereocenters. The molecule has 1 atom stereocenters. The summed E-state index contributed by atoms with van der Waals surface area (Å²) in [5, 5.41) is 8.68. The monoisotopic (exact) mass is 431 g/mol. The summed E-state index contributed by atoms with van der Waals surface area (Å²) in [5.74, 6) is -0.125. The second kappa shape index (κ2) is 9.04. The van der Waals surface area contributed by atoms with Gasteiger partial charge in [0.1, 0.15) is 0 Å². The largest absolute Gasteiger partial charge is 0.347 e. The van der Waals surface area contributed by atoms with E-state index < -0.39 is 0 Å². The Labute approximate surface area is 169 Å². The molecule has 0 radical (unpaired) electrons. The molecule has 2 rings (SSSR count). The highest BCUT2D eigenvalue weighted by molar-refractivity contribution is 9.10. The molecule has 2 aromatic carbocycles. The number of urea groups is 1. The van der Waals surface area contributed by atoms with Crippen LogP contribution in [0.5, 0.6) is 0 Å². The first kappa shape index (κ1) is 21.0. The number of hydrogen-bond donors (Lipinski definition) is 3. The van der Waals surface area contributed by atoms with Crippen molar-refractivity contribution in [3.8, 4) is 0 Å². The minimum atomic E-state index is -0.303. The third kappa shape index (κ3) is 6.10. The van der Waals surface area contributed by atoms with Gasteiger partial charge in [0.25, 0.3) is 5.91 Å². The number of carbonyl (C=O) groups is 2. The van der Waals surface area contributed by atoms with Crippen LogP contribution in [0.2, 0.25) is 0 Å². The predicted molar refractivity (Wildman–Crippen MR) is 113 cm³/mol. The van der Waals surface area contributed by atoms with Gasteiger partial charge >= 0.3 is 6.03 Å². The Balaban J connectivity index is 1.95. The number of amides is 3. The molecule has 0 aliphatic heterocycles. The van der Waals surface area contributed by atoms with Gasteiger partial charge in [0, 0.05) is 21.3 Å². The van der Waals surface area contributed by atoms with E-state index in [2.05, 4.69) is 31.9 Å². The highest BCUT2D eigenvalue weighted by Crippen LogP contribution is 2.22. The van der Waals surface area contributed by atoms with Gasteiger partial charge < -0.3 is 16.0 Å². The van der Waals surface area contributed by atoms with E-state index >= 15 is 0 Å². The fraction of sp³-hybridized carbons (Fsp3) is 0.333. The maximum atomic E-state index is 12.3. The van der Waals surface area contributed by atoms with Crippen LogP contribution in [0.1, 0.15) is 56.1 Å². The lowest BCUT2D eigenvalue weighted by atomic mass is 10.0. The smallest absolute Gasteiger partial charge is 0.319 e. The number of carbonyl (C=O) groups excluding carboxylic acids is 2. The van der Waals surface area contributed by atoms with Crippen molar-refractivity contribution in [1.29, 1.82) is 0 Å². The molecule has 0 fully saturated rings. The third-order valence-corrected chi connectivity index (χ3v) is 5.18. The van der Waals surface area contributed by atoms with Crippen molar-refractivity contribution in [3.63, 3.8) is 0 Å². The zero-order chi connectivity index (χ0) is 20.0. The van der Waals surface area contributed by atoms with Gasteiger partial charge in [-0.3, -0.25) is 4.79 Å². The van der Waals surface area contributed by atoms with Crippen LogP contribution in [-0.2, 0) is 0 Å². The van der Waals surface area contributed by atoms with E-state index in [4.69, 9.17) is 0 Å². The van der Waals surface area contributed by atoms with E-state index in [0.717, 1.165) is 16.5 Å². The number of hydrogen-bond acceptors (Lipinski definition) is 2. The summed E-state index contributed by atoms with van der Waals surface area (Å²) < 4.78 is 0.947. The number of nitrogens with one attached hydrogen (secondary N) is 3. The highest BCUT2D eigenvalue weighted by Gasteiger charge is 2.19. The molecule has 0 spiro atoms. The minimum Gasteiger partial charge on any atom is -0.347 e. The zero-order valence-corrected chi connectivity index (χ0v) is 17.7. The second-order valence-corrected chi connectivity index (χ2v) is 7.96. The molecule has 3 amide bonds. The molecule has 0 aromatic heterocycles. The van der Waals surface area contributed by atoms with Crippen LogP contribution in [0.3, 0.4) is 0 Å². The predicted octanol–water partition coefficient (Wildman–Crippen LogP) is 5.25. The molecule has 0 aliphatic carbocycles. The maximum Gasteiger partial charge on any atom is 0.319 e. The molecule has 0 saturated carbocycles. The first-order valence-corrected chi connectivity index (χ1v) is 9.75. The Hall–Kier alpha value is -2.34. The molecule has 0 aliphatic rings. The van der Waals surface area contributed by atoms with Gasteiger partial charge in [-0.15, -0.1) is 0 Å². The van der Waals surface area contributed by atoms with Crippen LogP contribution in [0.4, 0.5) is 10.5 Å². The van der Waals surface area contributed by atoms with Gasteiger partial charge in [-0.1, -0.05) is 41.1 Å². The van der Waals surface area contributed by atoms with Crippen molar-refractivity contribution >= 4 is 33.6 Å². The Morgan fingerprint density at radius 2 is 1.70 bits per heavy atom.